The van der Waals surface area contributed by atoms with E-state index in [2.05, 4.69) is 18.8 Å². The Hall–Kier alpha value is -1.24. The molecule has 23 heavy (non-hydrogen) atoms. The lowest BCUT2D eigenvalue weighted by Gasteiger charge is -2.28. The minimum atomic E-state index is 0.0524. The average Bonchev–Trinajstić information content (AvgIpc) is 2.92. The van der Waals surface area contributed by atoms with E-state index in [4.69, 9.17) is 9.72 Å². The molecule has 2 aliphatic rings. The second-order valence-electron chi connectivity index (χ2n) is 6.98. The van der Waals surface area contributed by atoms with Crippen LogP contribution in [0.1, 0.15) is 42.6 Å². The molecule has 2 aromatic heterocycles. The first kappa shape index (κ1) is 15.3. The zero-order valence-electron chi connectivity index (χ0n) is 13.8. The molecule has 0 unspecified atom stereocenters. The number of aromatic amines is 1. The van der Waals surface area contributed by atoms with E-state index in [1.165, 1.54) is 21.8 Å². The van der Waals surface area contributed by atoms with Crippen LogP contribution < -0.4 is 10.5 Å². The predicted molar refractivity (Wildman–Crippen MR) is 91.4 cm³/mol. The number of hydrogen-bond acceptors (Lipinski definition) is 4. The summed E-state index contributed by atoms with van der Waals surface area (Å²) >= 11 is 1.73. The highest BCUT2D eigenvalue weighted by atomic mass is 32.1. The number of aromatic nitrogens is 2. The normalized spacial score (nSPS) is 23.8. The topological polar surface area (TPSA) is 59.4 Å². The summed E-state index contributed by atoms with van der Waals surface area (Å²) in [7, 11) is 0. The molecule has 2 N–H and O–H groups in total. The monoisotopic (exact) mass is 334 g/mol. The van der Waals surface area contributed by atoms with Gasteiger partial charge in [0.2, 0.25) is 0 Å². The minimum absolute atomic E-state index is 0.0524. The number of aryl methyl sites for hydroxylation is 1. The van der Waals surface area contributed by atoms with Gasteiger partial charge in [-0.2, -0.15) is 0 Å². The fourth-order valence-corrected chi connectivity index (χ4v) is 5.22. The maximum atomic E-state index is 12.7. The van der Waals surface area contributed by atoms with Gasteiger partial charge in [-0.25, -0.2) is 4.98 Å². The van der Waals surface area contributed by atoms with Crippen LogP contribution in [0, 0.1) is 5.92 Å². The number of hydrogen-bond donors (Lipinski definition) is 2. The smallest absolute Gasteiger partial charge is 0.260 e. The highest BCUT2D eigenvalue weighted by molar-refractivity contribution is 7.18. The van der Waals surface area contributed by atoms with E-state index in [9.17, 15) is 4.79 Å². The SMILES string of the molecule is C[C@H]1CCc2c(sc3nc([C@@H](C)[NH+]4CCOCC4)[nH]c(=O)c23)C1. The van der Waals surface area contributed by atoms with Crippen LogP contribution >= 0.6 is 11.3 Å². The van der Waals surface area contributed by atoms with Crippen LogP contribution in [-0.4, -0.2) is 36.3 Å². The Balaban J connectivity index is 1.74. The van der Waals surface area contributed by atoms with E-state index in [1.54, 1.807) is 11.3 Å². The summed E-state index contributed by atoms with van der Waals surface area (Å²) in [5.41, 5.74) is 1.31. The number of H-pyrrole nitrogens is 1. The second kappa shape index (κ2) is 6.00. The van der Waals surface area contributed by atoms with E-state index < -0.39 is 0 Å². The molecule has 1 fully saturated rings. The molecule has 1 aliphatic carbocycles. The van der Waals surface area contributed by atoms with Crippen molar-refractivity contribution in [3.05, 3.63) is 26.6 Å². The molecular formula is C17H24N3O2S+. The first-order chi connectivity index (χ1) is 11.1. The van der Waals surface area contributed by atoms with Gasteiger partial charge < -0.3 is 14.6 Å². The maximum Gasteiger partial charge on any atom is 0.260 e. The van der Waals surface area contributed by atoms with Crippen LogP contribution in [0.3, 0.4) is 0 Å². The largest absolute Gasteiger partial charge is 0.370 e. The third kappa shape index (κ3) is 2.73. The Labute approximate surface area is 139 Å². The van der Waals surface area contributed by atoms with Crippen LogP contribution in [0.5, 0.6) is 0 Å². The van der Waals surface area contributed by atoms with E-state index >= 15 is 0 Å². The Morgan fingerprint density at radius 3 is 2.96 bits per heavy atom. The van der Waals surface area contributed by atoms with Gasteiger partial charge in [0.05, 0.1) is 18.6 Å². The summed E-state index contributed by atoms with van der Waals surface area (Å²) in [6.45, 7) is 7.97. The molecule has 4 rings (SSSR count). The Kier molecular flexibility index (Phi) is 3.99. The standard InChI is InChI=1S/C17H23N3O2S/c1-10-3-4-12-13(9-10)23-17-14(12)16(21)18-15(19-17)11(2)20-5-7-22-8-6-20/h10-11H,3-9H2,1-2H3,(H,18,19,21)/p+1/t10-,11+/m0/s1. The first-order valence-electron chi connectivity index (χ1n) is 8.60. The van der Waals surface area contributed by atoms with Gasteiger partial charge >= 0.3 is 0 Å². The first-order valence-corrected chi connectivity index (χ1v) is 9.42. The van der Waals surface area contributed by atoms with Crippen molar-refractivity contribution in [3.63, 3.8) is 0 Å². The molecule has 0 amide bonds. The van der Waals surface area contributed by atoms with Crippen molar-refractivity contribution < 1.29 is 9.64 Å². The van der Waals surface area contributed by atoms with Crippen molar-refractivity contribution in [2.45, 2.75) is 39.2 Å². The number of nitrogens with zero attached hydrogens (tertiary/aromatic N) is 1. The van der Waals surface area contributed by atoms with Crippen LogP contribution in [0.15, 0.2) is 4.79 Å². The zero-order chi connectivity index (χ0) is 16.0. The number of rotatable bonds is 2. The molecule has 3 heterocycles. The number of fused-ring (bicyclic) bond motifs is 3. The average molecular weight is 334 g/mol. The van der Waals surface area contributed by atoms with Gasteiger partial charge in [0.1, 0.15) is 24.0 Å². The molecular weight excluding hydrogens is 310 g/mol. The molecule has 2 aromatic rings. The molecule has 0 aromatic carbocycles. The second-order valence-corrected chi connectivity index (χ2v) is 8.06. The summed E-state index contributed by atoms with van der Waals surface area (Å²) in [6, 6.07) is 0.203. The molecule has 0 saturated carbocycles. The van der Waals surface area contributed by atoms with Crippen LogP contribution in [0.2, 0.25) is 0 Å². The van der Waals surface area contributed by atoms with Gasteiger partial charge in [-0.1, -0.05) is 6.92 Å². The lowest BCUT2D eigenvalue weighted by atomic mass is 9.89. The number of ether oxygens (including phenoxy) is 1. The lowest BCUT2D eigenvalue weighted by Crippen LogP contribution is -3.14. The molecule has 0 radical (unpaired) electrons. The van der Waals surface area contributed by atoms with E-state index in [0.717, 1.165) is 55.2 Å². The molecule has 2 atom stereocenters. The summed E-state index contributed by atoms with van der Waals surface area (Å²) in [6.07, 6.45) is 3.29. The van der Waals surface area contributed by atoms with Crippen molar-refractivity contribution >= 4 is 21.6 Å². The molecule has 0 spiro atoms. The van der Waals surface area contributed by atoms with Crippen LogP contribution in [0.25, 0.3) is 10.2 Å². The van der Waals surface area contributed by atoms with E-state index in [-0.39, 0.29) is 11.6 Å². The van der Waals surface area contributed by atoms with Gasteiger partial charge in [-0.05, 0) is 37.7 Å². The van der Waals surface area contributed by atoms with Crippen molar-refractivity contribution in [2.24, 2.45) is 5.92 Å². The molecule has 5 nitrogen and oxygen atoms in total. The Bertz CT molecular complexity index is 776. The Morgan fingerprint density at radius 2 is 2.17 bits per heavy atom. The summed E-state index contributed by atoms with van der Waals surface area (Å²) < 4.78 is 5.43. The quantitative estimate of drug-likeness (QED) is 0.864. The van der Waals surface area contributed by atoms with Crippen molar-refractivity contribution in [3.8, 4) is 0 Å². The minimum Gasteiger partial charge on any atom is -0.370 e. The molecule has 124 valence electrons. The third-order valence-corrected chi connectivity index (χ3v) is 6.49. The number of morpholine rings is 1. The fraction of sp³-hybridized carbons (Fsp3) is 0.647. The molecule has 6 heteroatoms. The highest BCUT2D eigenvalue weighted by Crippen LogP contribution is 2.35. The van der Waals surface area contributed by atoms with Crippen molar-refractivity contribution in [1.82, 2.24) is 9.97 Å². The van der Waals surface area contributed by atoms with Crippen molar-refractivity contribution in [2.75, 3.05) is 26.3 Å². The van der Waals surface area contributed by atoms with Crippen molar-refractivity contribution in [1.29, 1.82) is 0 Å². The predicted octanol–water partition coefficient (Wildman–Crippen LogP) is 1.09. The Morgan fingerprint density at radius 1 is 1.39 bits per heavy atom. The van der Waals surface area contributed by atoms with Gasteiger partial charge in [-0.15, -0.1) is 11.3 Å². The van der Waals surface area contributed by atoms with Gasteiger partial charge in [0.15, 0.2) is 5.82 Å². The van der Waals surface area contributed by atoms with E-state index in [1.807, 2.05) is 0 Å². The summed E-state index contributed by atoms with van der Waals surface area (Å²) in [4.78, 5) is 24.3. The number of thiophene rings is 1. The van der Waals surface area contributed by atoms with Gasteiger partial charge in [-0.3, -0.25) is 4.79 Å². The lowest BCUT2D eigenvalue weighted by molar-refractivity contribution is -0.937. The summed E-state index contributed by atoms with van der Waals surface area (Å²) in [5, 5.41) is 0.852. The molecule has 1 saturated heterocycles. The van der Waals surface area contributed by atoms with Gasteiger partial charge in [0.25, 0.3) is 5.56 Å². The number of nitrogens with one attached hydrogen (secondary N) is 2. The molecule has 0 bridgehead atoms. The maximum absolute atomic E-state index is 12.7. The van der Waals surface area contributed by atoms with Gasteiger partial charge in [0, 0.05) is 4.88 Å². The van der Waals surface area contributed by atoms with Crippen LogP contribution in [0.4, 0.5) is 0 Å². The van der Waals surface area contributed by atoms with E-state index in [0.29, 0.717) is 5.92 Å². The highest BCUT2D eigenvalue weighted by Gasteiger charge is 2.27. The molecule has 1 aliphatic heterocycles. The third-order valence-electron chi connectivity index (χ3n) is 5.34. The number of quaternary nitrogens is 1. The zero-order valence-corrected chi connectivity index (χ0v) is 14.6. The summed E-state index contributed by atoms with van der Waals surface area (Å²) in [5.74, 6) is 1.54. The van der Waals surface area contributed by atoms with Crippen LogP contribution in [-0.2, 0) is 17.6 Å². The fourth-order valence-electron chi connectivity index (χ4n) is 3.83.